The highest BCUT2D eigenvalue weighted by atomic mass is 16.5. The summed E-state index contributed by atoms with van der Waals surface area (Å²) >= 11 is 0. The average molecular weight is 226 g/mol. The molecule has 0 aliphatic carbocycles. The van der Waals surface area contributed by atoms with Gasteiger partial charge in [0.1, 0.15) is 0 Å². The minimum absolute atomic E-state index is 0.419. The van der Waals surface area contributed by atoms with Crippen molar-refractivity contribution in [3.05, 3.63) is 11.7 Å². The lowest BCUT2D eigenvalue weighted by Crippen LogP contribution is -2.26. The Hall–Kier alpha value is -0.940. The lowest BCUT2D eigenvalue weighted by atomic mass is 10.1. The molecule has 1 aromatic heterocycles. The molecule has 0 bridgehead atoms. The number of nitrogens with one attached hydrogen (secondary N) is 1. The molecule has 0 saturated carbocycles. The first kappa shape index (κ1) is 13.1. The number of rotatable bonds is 7. The Morgan fingerprint density at radius 1 is 1.44 bits per heavy atom. The van der Waals surface area contributed by atoms with Crippen LogP contribution in [-0.2, 0) is 12.8 Å². The van der Waals surface area contributed by atoms with Gasteiger partial charge in [-0.1, -0.05) is 12.1 Å². The number of hydrogen-bond donors (Lipinski definition) is 1. The summed E-state index contributed by atoms with van der Waals surface area (Å²) in [6.45, 7) is 3.09. The zero-order chi connectivity index (χ0) is 12.0. The zero-order valence-corrected chi connectivity index (χ0v) is 10.7. The Balaban J connectivity index is 2.44. The van der Waals surface area contributed by atoms with Gasteiger partial charge in [0.2, 0.25) is 5.89 Å². The van der Waals surface area contributed by atoms with Gasteiger partial charge in [0.05, 0.1) is 0 Å². The van der Waals surface area contributed by atoms with Crippen LogP contribution in [0.4, 0.5) is 0 Å². The van der Waals surface area contributed by atoms with Crippen molar-refractivity contribution in [1.82, 2.24) is 20.4 Å². The second kappa shape index (κ2) is 6.60. The molecule has 1 unspecified atom stereocenters. The van der Waals surface area contributed by atoms with Crippen molar-refractivity contribution in [2.75, 3.05) is 27.7 Å². The van der Waals surface area contributed by atoms with Gasteiger partial charge in [-0.3, -0.25) is 0 Å². The van der Waals surface area contributed by atoms with Gasteiger partial charge in [0, 0.05) is 25.4 Å². The topological polar surface area (TPSA) is 54.2 Å². The van der Waals surface area contributed by atoms with Crippen LogP contribution in [0, 0.1) is 0 Å². The Labute approximate surface area is 97.2 Å². The summed E-state index contributed by atoms with van der Waals surface area (Å²) in [4.78, 5) is 6.48. The first-order valence-electron chi connectivity index (χ1n) is 5.79. The van der Waals surface area contributed by atoms with E-state index in [4.69, 9.17) is 4.52 Å². The molecular weight excluding hydrogens is 204 g/mol. The fourth-order valence-corrected chi connectivity index (χ4v) is 1.46. The predicted molar refractivity (Wildman–Crippen MR) is 63.4 cm³/mol. The Morgan fingerprint density at radius 2 is 2.19 bits per heavy atom. The van der Waals surface area contributed by atoms with Crippen LogP contribution in [0.5, 0.6) is 0 Å². The molecule has 1 N–H and O–H groups in total. The maximum Gasteiger partial charge on any atom is 0.228 e. The quantitative estimate of drug-likeness (QED) is 0.742. The number of hydrogen-bond acceptors (Lipinski definition) is 5. The lowest BCUT2D eigenvalue weighted by Gasteiger charge is -2.09. The minimum Gasteiger partial charge on any atom is -0.339 e. The Morgan fingerprint density at radius 3 is 2.75 bits per heavy atom. The van der Waals surface area contributed by atoms with E-state index in [9.17, 15) is 0 Å². The van der Waals surface area contributed by atoms with Gasteiger partial charge in [-0.2, -0.15) is 4.98 Å². The molecule has 0 saturated heterocycles. The summed E-state index contributed by atoms with van der Waals surface area (Å²) in [5.41, 5.74) is 0. The van der Waals surface area contributed by atoms with Crippen molar-refractivity contribution in [2.24, 2.45) is 0 Å². The molecule has 5 nitrogen and oxygen atoms in total. The molecule has 1 aromatic rings. The molecule has 5 heteroatoms. The van der Waals surface area contributed by atoms with E-state index in [2.05, 4.69) is 27.3 Å². The van der Waals surface area contributed by atoms with E-state index in [-0.39, 0.29) is 0 Å². The molecule has 92 valence electrons. The number of nitrogens with zero attached hydrogens (tertiary/aromatic N) is 3. The van der Waals surface area contributed by atoms with Gasteiger partial charge in [0.15, 0.2) is 5.82 Å². The average Bonchev–Trinajstić information content (AvgIpc) is 2.70. The van der Waals surface area contributed by atoms with Crippen LogP contribution in [0.2, 0.25) is 0 Å². The van der Waals surface area contributed by atoms with Crippen molar-refractivity contribution in [3.8, 4) is 0 Å². The Bertz CT molecular complexity index is 294. The minimum atomic E-state index is 0.419. The van der Waals surface area contributed by atoms with E-state index in [0.717, 1.165) is 37.5 Å². The van der Waals surface area contributed by atoms with Crippen LogP contribution in [-0.4, -0.2) is 48.8 Å². The largest absolute Gasteiger partial charge is 0.339 e. The van der Waals surface area contributed by atoms with Crippen LogP contribution in [0.3, 0.4) is 0 Å². The molecule has 0 aliphatic rings. The van der Waals surface area contributed by atoms with Gasteiger partial charge in [-0.05, 0) is 27.6 Å². The summed E-state index contributed by atoms with van der Waals surface area (Å²) in [6, 6.07) is 0.419. The highest BCUT2D eigenvalue weighted by Crippen LogP contribution is 2.04. The second-order valence-electron chi connectivity index (χ2n) is 4.26. The molecule has 0 fully saturated rings. The van der Waals surface area contributed by atoms with Crippen LogP contribution >= 0.6 is 0 Å². The first-order chi connectivity index (χ1) is 7.65. The maximum absolute atomic E-state index is 5.21. The molecule has 0 spiro atoms. The second-order valence-corrected chi connectivity index (χ2v) is 4.26. The van der Waals surface area contributed by atoms with E-state index < -0.39 is 0 Å². The van der Waals surface area contributed by atoms with Crippen molar-refractivity contribution in [3.63, 3.8) is 0 Å². The summed E-state index contributed by atoms with van der Waals surface area (Å²) in [6.07, 6.45) is 2.71. The van der Waals surface area contributed by atoms with Gasteiger partial charge in [0.25, 0.3) is 0 Å². The summed E-state index contributed by atoms with van der Waals surface area (Å²) in [7, 11) is 6.03. The normalized spacial score (nSPS) is 13.3. The van der Waals surface area contributed by atoms with E-state index >= 15 is 0 Å². The van der Waals surface area contributed by atoms with Crippen molar-refractivity contribution >= 4 is 0 Å². The Kier molecular flexibility index (Phi) is 5.42. The SMILES string of the molecule is CCC(Cc1nc(CCN(C)C)no1)NC. The van der Waals surface area contributed by atoms with E-state index in [1.54, 1.807) is 0 Å². The molecule has 0 amide bonds. The van der Waals surface area contributed by atoms with Gasteiger partial charge >= 0.3 is 0 Å². The van der Waals surface area contributed by atoms with Crippen LogP contribution in [0.25, 0.3) is 0 Å². The zero-order valence-electron chi connectivity index (χ0n) is 10.7. The van der Waals surface area contributed by atoms with E-state index in [1.165, 1.54) is 0 Å². The highest BCUT2D eigenvalue weighted by Gasteiger charge is 2.11. The van der Waals surface area contributed by atoms with Crippen LogP contribution in [0.15, 0.2) is 4.52 Å². The van der Waals surface area contributed by atoms with E-state index in [1.807, 2.05) is 21.1 Å². The van der Waals surface area contributed by atoms with Crippen LogP contribution in [0.1, 0.15) is 25.1 Å². The molecule has 1 heterocycles. The van der Waals surface area contributed by atoms with Crippen LogP contribution < -0.4 is 5.32 Å². The summed E-state index contributed by atoms with van der Waals surface area (Å²) in [5, 5.41) is 7.19. The van der Waals surface area contributed by atoms with Crippen molar-refractivity contribution in [1.29, 1.82) is 0 Å². The third kappa shape index (κ3) is 4.28. The summed E-state index contributed by atoms with van der Waals surface area (Å²) in [5.74, 6) is 1.53. The highest BCUT2D eigenvalue weighted by molar-refractivity contribution is 4.89. The summed E-state index contributed by atoms with van der Waals surface area (Å²) < 4.78 is 5.21. The first-order valence-corrected chi connectivity index (χ1v) is 5.79. The van der Waals surface area contributed by atoms with Gasteiger partial charge < -0.3 is 14.7 Å². The molecule has 0 aliphatic heterocycles. The van der Waals surface area contributed by atoms with Crippen molar-refractivity contribution in [2.45, 2.75) is 32.2 Å². The fraction of sp³-hybridized carbons (Fsp3) is 0.818. The molecular formula is C11H22N4O. The molecule has 1 rings (SSSR count). The number of likely N-dealkylation sites (N-methyl/N-ethyl adjacent to an activating group) is 2. The molecule has 16 heavy (non-hydrogen) atoms. The third-order valence-corrected chi connectivity index (χ3v) is 2.61. The molecule has 1 atom stereocenters. The number of aromatic nitrogens is 2. The predicted octanol–water partition coefficient (Wildman–Crippen LogP) is 0.714. The van der Waals surface area contributed by atoms with E-state index in [0.29, 0.717) is 6.04 Å². The van der Waals surface area contributed by atoms with Gasteiger partial charge in [-0.15, -0.1) is 0 Å². The molecule has 0 radical (unpaired) electrons. The standard InChI is InChI=1S/C11H22N4O/c1-5-9(12-2)8-11-13-10(14-16-11)6-7-15(3)4/h9,12H,5-8H2,1-4H3. The third-order valence-electron chi connectivity index (χ3n) is 2.61. The van der Waals surface area contributed by atoms with Gasteiger partial charge in [-0.25, -0.2) is 0 Å². The van der Waals surface area contributed by atoms with Crippen molar-refractivity contribution < 1.29 is 4.52 Å². The lowest BCUT2D eigenvalue weighted by molar-refractivity contribution is 0.351. The maximum atomic E-state index is 5.21. The molecule has 0 aromatic carbocycles. The monoisotopic (exact) mass is 226 g/mol. The smallest absolute Gasteiger partial charge is 0.228 e. The fourth-order valence-electron chi connectivity index (χ4n) is 1.46.